The SMILES string of the molecule is CCCCCCCC/C=C\CCCCCCCCCC(=O)OCCCCCCCCCCCCCCCCCCCCCCCCCCCCCCCCCCCCCCCC(=O)NC(CO)C(O)CCCCCCCCCCC. The van der Waals surface area contributed by atoms with Gasteiger partial charge in [0.15, 0.2) is 0 Å². The second-order valence-corrected chi connectivity index (χ2v) is 25.6. The van der Waals surface area contributed by atoms with E-state index in [0.717, 1.165) is 38.5 Å². The Hall–Kier alpha value is -1.40. The van der Waals surface area contributed by atoms with Crippen molar-refractivity contribution in [3.05, 3.63) is 12.2 Å². The second kappa shape index (κ2) is 70.1. The number of ether oxygens (including phenoxy) is 1. The van der Waals surface area contributed by atoms with Gasteiger partial charge in [0.2, 0.25) is 5.91 Å². The summed E-state index contributed by atoms with van der Waals surface area (Å²) in [7, 11) is 0. The van der Waals surface area contributed by atoms with Crippen LogP contribution < -0.4 is 5.32 Å². The van der Waals surface area contributed by atoms with Gasteiger partial charge in [0.05, 0.1) is 25.4 Å². The van der Waals surface area contributed by atoms with Crippen LogP contribution in [0.1, 0.15) is 425 Å². The van der Waals surface area contributed by atoms with E-state index in [-0.39, 0.29) is 18.5 Å². The molecule has 0 aromatic heterocycles. The van der Waals surface area contributed by atoms with Crippen molar-refractivity contribution >= 4 is 11.9 Å². The third kappa shape index (κ3) is 65.7. The van der Waals surface area contributed by atoms with Crippen LogP contribution in [0.25, 0.3) is 0 Å². The summed E-state index contributed by atoms with van der Waals surface area (Å²) in [5.41, 5.74) is 0. The predicted octanol–water partition coefficient (Wildman–Crippen LogP) is 23.9. The summed E-state index contributed by atoms with van der Waals surface area (Å²) in [4.78, 5) is 24.5. The van der Waals surface area contributed by atoms with Crippen LogP contribution in [0.4, 0.5) is 0 Å². The van der Waals surface area contributed by atoms with Crippen molar-refractivity contribution in [2.45, 2.75) is 437 Å². The summed E-state index contributed by atoms with van der Waals surface area (Å²) < 4.78 is 5.51. The van der Waals surface area contributed by atoms with Crippen LogP contribution in [0.15, 0.2) is 12.2 Å². The van der Waals surface area contributed by atoms with Crippen molar-refractivity contribution in [2.75, 3.05) is 13.2 Å². The van der Waals surface area contributed by atoms with Crippen molar-refractivity contribution in [1.82, 2.24) is 5.32 Å². The van der Waals surface area contributed by atoms with Gasteiger partial charge < -0.3 is 20.3 Å². The molecule has 80 heavy (non-hydrogen) atoms. The zero-order valence-corrected chi connectivity index (χ0v) is 54.6. The average Bonchev–Trinajstić information content (AvgIpc) is 3.46. The number of nitrogens with one attached hydrogen (secondary N) is 1. The molecule has 0 bridgehead atoms. The zero-order chi connectivity index (χ0) is 57.8. The zero-order valence-electron chi connectivity index (χ0n) is 54.6. The lowest BCUT2D eigenvalue weighted by molar-refractivity contribution is -0.143. The first-order chi connectivity index (χ1) is 39.5. The fourth-order valence-corrected chi connectivity index (χ4v) is 11.9. The summed E-state index contributed by atoms with van der Waals surface area (Å²) in [5.74, 6) is -0.00850. The molecule has 0 rings (SSSR count). The number of rotatable bonds is 70. The summed E-state index contributed by atoms with van der Waals surface area (Å²) in [6.07, 6.45) is 87.4. The van der Waals surface area contributed by atoms with Crippen molar-refractivity contribution in [1.29, 1.82) is 0 Å². The van der Waals surface area contributed by atoms with Crippen LogP contribution in [0.3, 0.4) is 0 Å². The molecule has 0 heterocycles. The Labute approximate surface area is 501 Å². The molecule has 0 saturated carbocycles. The van der Waals surface area contributed by atoms with E-state index < -0.39 is 12.1 Å². The molecule has 0 aliphatic heterocycles. The van der Waals surface area contributed by atoms with Crippen molar-refractivity contribution in [2.24, 2.45) is 0 Å². The minimum absolute atomic E-state index is 0.0209. The van der Waals surface area contributed by atoms with Gasteiger partial charge in [-0.1, -0.05) is 373 Å². The number of hydrogen-bond acceptors (Lipinski definition) is 5. The lowest BCUT2D eigenvalue weighted by Gasteiger charge is -2.22. The topological polar surface area (TPSA) is 95.9 Å². The number of amides is 1. The predicted molar refractivity (Wildman–Crippen MR) is 352 cm³/mol. The highest BCUT2D eigenvalue weighted by atomic mass is 16.5. The maximum absolute atomic E-state index is 12.4. The van der Waals surface area contributed by atoms with Crippen LogP contribution in [0.2, 0.25) is 0 Å². The molecule has 0 aromatic carbocycles. The van der Waals surface area contributed by atoms with Crippen LogP contribution in [0.5, 0.6) is 0 Å². The largest absolute Gasteiger partial charge is 0.466 e. The highest BCUT2D eigenvalue weighted by Gasteiger charge is 2.20. The van der Waals surface area contributed by atoms with Gasteiger partial charge in [0, 0.05) is 12.8 Å². The molecular weight excluding hydrogens is 983 g/mol. The maximum atomic E-state index is 12.4. The standard InChI is InChI=1S/C74H145NO5/c1-3-5-7-9-11-13-14-15-16-38-42-45-48-52-56-60-64-68-74(79)80-69-65-61-57-53-49-46-43-40-37-35-33-31-29-27-25-23-21-19-17-18-20-22-24-26-28-30-32-34-36-39-41-44-47-51-55-59-63-67-73(78)75-71(70-76)72(77)66-62-58-54-50-12-10-8-6-4-2/h15-16,71-72,76-77H,3-14,17-70H2,1-2H3,(H,75,78)/b16-15-. The first kappa shape index (κ1) is 78.6. The van der Waals surface area contributed by atoms with E-state index in [2.05, 4.69) is 31.3 Å². The molecule has 0 aromatic rings. The molecule has 2 unspecified atom stereocenters. The van der Waals surface area contributed by atoms with Gasteiger partial charge in [-0.3, -0.25) is 9.59 Å². The summed E-state index contributed by atoms with van der Waals surface area (Å²) in [5, 5.41) is 23.2. The monoisotopic (exact) mass is 1130 g/mol. The van der Waals surface area contributed by atoms with Crippen molar-refractivity contribution in [3.8, 4) is 0 Å². The van der Waals surface area contributed by atoms with Crippen LogP contribution in [-0.2, 0) is 14.3 Å². The van der Waals surface area contributed by atoms with E-state index in [1.165, 1.54) is 353 Å². The Morgan fingerprint density at radius 2 is 0.588 bits per heavy atom. The van der Waals surface area contributed by atoms with E-state index in [0.29, 0.717) is 25.9 Å². The number of allylic oxidation sites excluding steroid dienone is 2. The van der Waals surface area contributed by atoms with Gasteiger partial charge in [0.25, 0.3) is 0 Å². The van der Waals surface area contributed by atoms with E-state index in [9.17, 15) is 19.8 Å². The van der Waals surface area contributed by atoms with Crippen LogP contribution >= 0.6 is 0 Å². The number of aliphatic hydroxyl groups excluding tert-OH is 2. The highest BCUT2D eigenvalue weighted by Crippen LogP contribution is 2.20. The maximum Gasteiger partial charge on any atom is 0.305 e. The Bertz CT molecular complexity index is 1210. The molecular formula is C74H145NO5. The number of carbonyl (C=O) groups excluding carboxylic acids is 2. The van der Waals surface area contributed by atoms with Gasteiger partial charge in [-0.25, -0.2) is 0 Å². The third-order valence-corrected chi connectivity index (χ3v) is 17.6. The molecule has 1 amide bonds. The number of carbonyl (C=O) groups is 2. The molecule has 6 heteroatoms. The Balaban J connectivity index is 3.25. The quantitative estimate of drug-likeness (QED) is 0.0320. The van der Waals surface area contributed by atoms with Gasteiger partial charge >= 0.3 is 5.97 Å². The van der Waals surface area contributed by atoms with E-state index in [1.54, 1.807) is 0 Å². The fourth-order valence-electron chi connectivity index (χ4n) is 11.9. The molecule has 0 radical (unpaired) electrons. The fraction of sp³-hybridized carbons (Fsp3) is 0.946. The van der Waals surface area contributed by atoms with Crippen molar-refractivity contribution < 1.29 is 24.5 Å². The van der Waals surface area contributed by atoms with E-state index in [1.807, 2.05) is 0 Å². The Morgan fingerprint density at radius 1 is 0.338 bits per heavy atom. The molecule has 2 atom stereocenters. The minimum atomic E-state index is -0.657. The molecule has 476 valence electrons. The summed E-state index contributed by atoms with van der Waals surface area (Å²) in [6.45, 7) is 4.96. The van der Waals surface area contributed by atoms with Gasteiger partial charge in [-0.05, 0) is 51.4 Å². The average molecular weight is 1130 g/mol. The Kier molecular flexibility index (Phi) is 68.9. The van der Waals surface area contributed by atoms with Crippen molar-refractivity contribution in [3.63, 3.8) is 0 Å². The molecule has 0 spiro atoms. The van der Waals surface area contributed by atoms with E-state index >= 15 is 0 Å². The third-order valence-electron chi connectivity index (χ3n) is 17.6. The Morgan fingerprint density at radius 3 is 0.887 bits per heavy atom. The highest BCUT2D eigenvalue weighted by molar-refractivity contribution is 5.76. The van der Waals surface area contributed by atoms with Crippen LogP contribution in [-0.4, -0.2) is 47.4 Å². The minimum Gasteiger partial charge on any atom is -0.466 e. The number of unbranched alkanes of at least 4 members (excludes halogenated alkanes) is 57. The van der Waals surface area contributed by atoms with Gasteiger partial charge in [-0.2, -0.15) is 0 Å². The molecule has 3 N–H and O–H groups in total. The van der Waals surface area contributed by atoms with E-state index in [4.69, 9.17) is 4.74 Å². The lowest BCUT2D eigenvalue weighted by Crippen LogP contribution is -2.45. The smallest absolute Gasteiger partial charge is 0.305 e. The first-order valence-electron chi connectivity index (χ1n) is 36.9. The number of aliphatic hydroxyl groups is 2. The molecule has 0 fully saturated rings. The second-order valence-electron chi connectivity index (χ2n) is 25.6. The summed E-state index contributed by atoms with van der Waals surface area (Å²) in [6, 6.07) is -0.534. The number of esters is 1. The molecule has 6 nitrogen and oxygen atoms in total. The molecule has 0 aliphatic carbocycles. The van der Waals surface area contributed by atoms with Gasteiger partial charge in [0.1, 0.15) is 0 Å². The normalized spacial score (nSPS) is 12.5. The number of hydrogen-bond donors (Lipinski definition) is 3. The lowest BCUT2D eigenvalue weighted by atomic mass is 10.0. The van der Waals surface area contributed by atoms with Gasteiger partial charge in [-0.15, -0.1) is 0 Å². The van der Waals surface area contributed by atoms with Crippen LogP contribution in [0, 0.1) is 0 Å². The molecule has 0 aliphatic rings. The first-order valence-corrected chi connectivity index (χ1v) is 36.9. The molecule has 0 saturated heterocycles. The summed E-state index contributed by atoms with van der Waals surface area (Å²) >= 11 is 0.